The number of benzene rings is 1. The second-order valence-electron chi connectivity index (χ2n) is 9.96. The van der Waals surface area contributed by atoms with Gasteiger partial charge in [-0.3, -0.25) is 14.4 Å². The van der Waals surface area contributed by atoms with Gasteiger partial charge in [0.25, 0.3) is 0 Å². The lowest BCUT2D eigenvalue weighted by molar-refractivity contribution is -0.127. The SMILES string of the molecule is CC1(C)C(=O)Nc2cc(Nc3nc4c(N5CCC(C(=O)[C@@H]6CNC(=O)C6)C5)nccn4n3)ccc21. The number of aromatic nitrogens is 4. The first-order chi connectivity index (χ1) is 16.8. The van der Waals surface area contributed by atoms with Crippen molar-refractivity contribution in [2.75, 3.05) is 35.2 Å². The Balaban J connectivity index is 1.21. The molecule has 5 heterocycles. The molecule has 0 bridgehead atoms. The van der Waals surface area contributed by atoms with E-state index in [0.717, 1.165) is 23.4 Å². The summed E-state index contributed by atoms with van der Waals surface area (Å²) in [5.41, 5.74) is 2.53. The van der Waals surface area contributed by atoms with E-state index in [1.807, 2.05) is 32.0 Å². The number of ketones is 1. The number of anilines is 4. The lowest BCUT2D eigenvalue weighted by Crippen LogP contribution is -2.29. The van der Waals surface area contributed by atoms with Gasteiger partial charge in [0.1, 0.15) is 5.78 Å². The zero-order chi connectivity index (χ0) is 24.3. The Morgan fingerprint density at radius 1 is 1.23 bits per heavy atom. The maximum absolute atomic E-state index is 12.9. The lowest BCUT2D eigenvalue weighted by atomic mass is 9.86. The number of nitrogens with zero attached hydrogens (tertiary/aromatic N) is 5. The molecule has 2 atom stereocenters. The molecule has 6 rings (SSSR count). The number of rotatable bonds is 5. The fraction of sp³-hybridized carbons (Fsp3) is 0.417. The highest BCUT2D eigenvalue weighted by Gasteiger charge is 2.39. The fourth-order valence-corrected chi connectivity index (χ4v) is 5.21. The third kappa shape index (κ3) is 3.58. The number of carbonyl (C=O) groups is 3. The second kappa shape index (κ2) is 7.76. The van der Waals surface area contributed by atoms with Crippen LogP contribution in [0.25, 0.3) is 5.65 Å². The number of hydrogen-bond donors (Lipinski definition) is 3. The van der Waals surface area contributed by atoms with Crippen LogP contribution in [-0.2, 0) is 19.8 Å². The van der Waals surface area contributed by atoms with Crippen LogP contribution in [0, 0.1) is 11.8 Å². The number of amides is 2. The number of fused-ring (bicyclic) bond motifs is 2. The van der Waals surface area contributed by atoms with Gasteiger partial charge in [-0.05, 0) is 38.0 Å². The molecular formula is C24H26N8O3. The van der Waals surface area contributed by atoms with Crippen molar-refractivity contribution in [3.63, 3.8) is 0 Å². The summed E-state index contributed by atoms with van der Waals surface area (Å²) in [5.74, 6) is 0.793. The predicted molar refractivity (Wildman–Crippen MR) is 129 cm³/mol. The molecule has 2 aromatic heterocycles. The van der Waals surface area contributed by atoms with Crippen LogP contribution in [0.2, 0.25) is 0 Å². The highest BCUT2D eigenvalue weighted by Crippen LogP contribution is 2.39. The third-order valence-corrected chi connectivity index (χ3v) is 7.27. The largest absolute Gasteiger partial charge is 0.355 e. The Morgan fingerprint density at radius 2 is 2.09 bits per heavy atom. The molecule has 0 radical (unpaired) electrons. The first-order valence-electron chi connectivity index (χ1n) is 11.8. The van der Waals surface area contributed by atoms with Crippen LogP contribution in [-0.4, -0.2) is 56.8 Å². The summed E-state index contributed by atoms with van der Waals surface area (Å²) >= 11 is 0. The predicted octanol–water partition coefficient (Wildman–Crippen LogP) is 1.63. The molecule has 1 unspecified atom stereocenters. The van der Waals surface area contributed by atoms with Crippen molar-refractivity contribution in [1.82, 2.24) is 24.9 Å². The number of carbonyl (C=O) groups excluding carboxylic acids is 3. The van der Waals surface area contributed by atoms with Crippen LogP contribution in [0.3, 0.4) is 0 Å². The Morgan fingerprint density at radius 3 is 2.89 bits per heavy atom. The topological polar surface area (TPSA) is 134 Å². The summed E-state index contributed by atoms with van der Waals surface area (Å²) in [5, 5.41) is 13.4. The highest BCUT2D eigenvalue weighted by atomic mass is 16.2. The Labute approximate surface area is 201 Å². The molecule has 2 saturated heterocycles. The molecule has 3 aliphatic rings. The molecule has 3 aliphatic heterocycles. The van der Waals surface area contributed by atoms with Gasteiger partial charge in [0.2, 0.25) is 17.8 Å². The van der Waals surface area contributed by atoms with Gasteiger partial charge < -0.3 is 20.9 Å². The van der Waals surface area contributed by atoms with E-state index in [0.29, 0.717) is 37.0 Å². The zero-order valence-corrected chi connectivity index (χ0v) is 19.5. The minimum absolute atomic E-state index is 0.0237. The number of Topliss-reactive ketones (excluding diaryl/α,β-unsaturated/α-hetero) is 1. The molecule has 2 fully saturated rings. The van der Waals surface area contributed by atoms with Crippen LogP contribution in [0.1, 0.15) is 32.3 Å². The maximum Gasteiger partial charge on any atom is 0.247 e. The van der Waals surface area contributed by atoms with Crippen molar-refractivity contribution >= 4 is 46.4 Å². The van der Waals surface area contributed by atoms with Gasteiger partial charge in [-0.25, -0.2) is 9.50 Å². The normalized spacial score (nSPS) is 22.9. The van der Waals surface area contributed by atoms with E-state index in [1.54, 1.807) is 16.9 Å². The van der Waals surface area contributed by atoms with Crippen molar-refractivity contribution < 1.29 is 14.4 Å². The van der Waals surface area contributed by atoms with E-state index < -0.39 is 5.41 Å². The van der Waals surface area contributed by atoms with Gasteiger partial charge in [0.05, 0.1) is 5.41 Å². The summed E-state index contributed by atoms with van der Waals surface area (Å²) in [4.78, 5) is 47.9. The van der Waals surface area contributed by atoms with Crippen molar-refractivity contribution in [3.05, 3.63) is 36.2 Å². The molecule has 0 aliphatic carbocycles. The molecule has 0 saturated carbocycles. The molecule has 35 heavy (non-hydrogen) atoms. The van der Waals surface area contributed by atoms with Crippen LogP contribution in [0.4, 0.5) is 23.1 Å². The summed E-state index contributed by atoms with van der Waals surface area (Å²) in [6.45, 7) is 5.48. The summed E-state index contributed by atoms with van der Waals surface area (Å²) in [6.07, 6.45) is 4.41. The van der Waals surface area contributed by atoms with Gasteiger partial charge in [0, 0.05) is 61.7 Å². The minimum Gasteiger partial charge on any atom is -0.355 e. The van der Waals surface area contributed by atoms with Gasteiger partial charge in [-0.15, -0.1) is 5.10 Å². The molecule has 1 aromatic carbocycles. The van der Waals surface area contributed by atoms with Crippen LogP contribution >= 0.6 is 0 Å². The standard InChI is InChI=1S/C24H26N8O3/c1-24(2)16-4-3-15(10-17(16)28-22(24)35)27-23-29-21-20(25-6-8-32(21)30-23)31-7-5-13(12-31)19(34)14-9-18(33)26-11-14/h3-4,6,8,10,13-14H,5,7,9,11-12H2,1-2H3,(H,26,33)(H,27,30)(H,28,35)/t13?,14-/m0/s1. The third-order valence-electron chi connectivity index (χ3n) is 7.27. The minimum atomic E-state index is -0.561. The summed E-state index contributed by atoms with van der Waals surface area (Å²) in [7, 11) is 0. The smallest absolute Gasteiger partial charge is 0.247 e. The molecule has 11 nitrogen and oxygen atoms in total. The van der Waals surface area contributed by atoms with Crippen molar-refractivity contribution in [1.29, 1.82) is 0 Å². The first-order valence-corrected chi connectivity index (χ1v) is 11.8. The van der Waals surface area contributed by atoms with Gasteiger partial charge in [0.15, 0.2) is 11.5 Å². The molecule has 3 N–H and O–H groups in total. The molecule has 0 spiro atoms. The van der Waals surface area contributed by atoms with Gasteiger partial charge in [-0.2, -0.15) is 4.98 Å². The van der Waals surface area contributed by atoms with Crippen molar-refractivity contribution in [2.45, 2.75) is 32.1 Å². The Hall–Kier alpha value is -4.02. The molecule has 180 valence electrons. The van der Waals surface area contributed by atoms with Crippen molar-refractivity contribution in [3.8, 4) is 0 Å². The van der Waals surface area contributed by atoms with Gasteiger partial charge >= 0.3 is 0 Å². The van der Waals surface area contributed by atoms with E-state index in [1.165, 1.54) is 0 Å². The van der Waals surface area contributed by atoms with Crippen LogP contribution in [0.5, 0.6) is 0 Å². The van der Waals surface area contributed by atoms with Crippen LogP contribution < -0.4 is 20.9 Å². The van der Waals surface area contributed by atoms with E-state index in [2.05, 4.69) is 35.9 Å². The average Bonchev–Trinajstić information content (AvgIpc) is 3.60. The van der Waals surface area contributed by atoms with Crippen LogP contribution in [0.15, 0.2) is 30.6 Å². The Bertz CT molecular complexity index is 1380. The zero-order valence-electron chi connectivity index (χ0n) is 19.5. The van der Waals surface area contributed by atoms with E-state index >= 15 is 0 Å². The van der Waals surface area contributed by atoms with Crippen molar-refractivity contribution in [2.24, 2.45) is 11.8 Å². The second-order valence-corrected chi connectivity index (χ2v) is 9.96. The summed E-state index contributed by atoms with van der Waals surface area (Å²) in [6, 6.07) is 5.73. The maximum atomic E-state index is 12.9. The molecular weight excluding hydrogens is 448 g/mol. The summed E-state index contributed by atoms with van der Waals surface area (Å²) < 4.78 is 1.66. The quantitative estimate of drug-likeness (QED) is 0.508. The monoisotopic (exact) mass is 474 g/mol. The van der Waals surface area contributed by atoms with E-state index in [9.17, 15) is 14.4 Å². The molecule has 2 amide bonds. The fourth-order valence-electron chi connectivity index (χ4n) is 5.21. The Kier molecular flexibility index (Phi) is 4.77. The lowest BCUT2D eigenvalue weighted by Gasteiger charge is -2.18. The molecule has 3 aromatic rings. The van der Waals surface area contributed by atoms with Gasteiger partial charge in [-0.1, -0.05) is 6.07 Å². The highest BCUT2D eigenvalue weighted by molar-refractivity contribution is 6.06. The average molecular weight is 475 g/mol. The number of hydrogen-bond acceptors (Lipinski definition) is 8. The first kappa shape index (κ1) is 21.5. The van der Waals surface area contributed by atoms with E-state index in [4.69, 9.17) is 0 Å². The van der Waals surface area contributed by atoms with E-state index in [-0.39, 0.29) is 35.9 Å². The molecule has 11 heteroatoms. The number of nitrogens with one attached hydrogen (secondary N) is 3.